The maximum absolute atomic E-state index is 5.65. The zero-order valence-corrected chi connectivity index (χ0v) is 14.5. The molecule has 0 radical (unpaired) electrons. The van der Waals surface area contributed by atoms with Crippen LogP contribution in [0.2, 0.25) is 0 Å². The highest BCUT2D eigenvalue weighted by Gasteiger charge is 2.00. The maximum atomic E-state index is 5.65. The molecule has 0 aliphatic heterocycles. The van der Waals surface area contributed by atoms with Crippen molar-refractivity contribution < 1.29 is 4.74 Å². The van der Waals surface area contributed by atoms with Gasteiger partial charge in [0.2, 0.25) is 0 Å². The molecule has 2 N–H and O–H groups in total. The van der Waals surface area contributed by atoms with E-state index in [0.717, 1.165) is 25.5 Å². The summed E-state index contributed by atoms with van der Waals surface area (Å²) in [6, 6.07) is 8.45. The number of nitrogens with zero attached hydrogens (tertiary/aromatic N) is 1. The van der Waals surface area contributed by atoms with E-state index in [-0.39, 0.29) is 6.10 Å². The Bertz CT molecular complexity index is 444. The Morgan fingerprint density at radius 2 is 1.95 bits per heavy atom. The van der Waals surface area contributed by atoms with Crippen molar-refractivity contribution >= 4 is 5.96 Å². The van der Waals surface area contributed by atoms with Crippen molar-refractivity contribution in [3.63, 3.8) is 0 Å². The normalized spacial score (nSPS) is 11.8. The van der Waals surface area contributed by atoms with Gasteiger partial charge in [0.25, 0.3) is 0 Å². The molecule has 0 aromatic heterocycles. The summed E-state index contributed by atoms with van der Waals surface area (Å²) in [5.74, 6) is 0.889. The molecule has 0 atom stereocenters. The molecule has 0 heterocycles. The van der Waals surface area contributed by atoms with Crippen LogP contribution in [0.3, 0.4) is 0 Å². The Morgan fingerprint density at radius 3 is 2.64 bits per heavy atom. The molecule has 0 bridgehead atoms. The van der Waals surface area contributed by atoms with Crippen molar-refractivity contribution in [3.8, 4) is 0 Å². The summed E-state index contributed by atoms with van der Waals surface area (Å²) in [5.41, 5.74) is 2.41. The Labute approximate surface area is 135 Å². The highest BCUT2D eigenvalue weighted by molar-refractivity contribution is 5.79. The zero-order chi connectivity index (χ0) is 16.2. The second kappa shape index (κ2) is 11.1. The van der Waals surface area contributed by atoms with Gasteiger partial charge in [-0.3, -0.25) is 0 Å². The summed E-state index contributed by atoms with van der Waals surface area (Å²) in [5, 5.41) is 6.64. The third-order valence-electron chi connectivity index (χ3n) is 3.16. The Kier molecular flexibility index (Phi) is 9.31. The van der Waals surface area contributed by atoms with Crippen molar-refractivity contribution in [3.05, 3.63) is 35.4 Å². The first-order chi connectivity index (χ1) is 10.7. The first-order valence-electron chi connectivity index (χ1n) is 8.37. The molecule has 0 saturated heterocycles. The fourth-order valence-corrected chi connectivity index (χ4v) is 1.98. The third-order valence-corrected chi connectivity index (χ3v) is 3.16. The fraction of sp³-hybridized carbons (Fsp3) is 0.611. The van der Waals surface area contributed by atoms with Crippen LogP contribution in [0.1, 0.15) is 51.7 Å². The number of nitrogens with one attached hydrogen (secondary N) is 2. The van der Waals surface area contributed by atoms with Crippen molar-refractivity contribution in [1.82, 2.24) is 10.6 Å². The first-order valence-corrected chi connectivity index (χ1v) is 8.37. The van der Waals surface area contributed by atoms with Gasteiger partial charge in [0, 0.05) is 13.1 Å². The van der Waals surface area contributed by atoms with E-state index < -0.39 is 0 Å². The molecule has 0 fully saturated rings. The minimum absolute atomic E-state index is 0.254. The number of rotatable bonds is 9. The Balaban J connectivity index is 2.58. The minimum Gasteiger partial charge on any atom is -0.374 e. The lowest BCUT2D eigenvalue weighted by Crippen LogP contribution is -2.37. The molecule has 1 aromatic carbocycles. The number of hydrogen-bond donors (Lipinski definition) is 2. The summed E-state index contributed by atoms with van der Waals surface area (Å²) >= 11 is 0. The van der Waals surface area contributed by atoms with Gasteiger partial charge < -0.3 is 15.4 Å². The van der Waals surface area contributed by atoms with Crippen molar-refractivity contribution in [1.29, 1.82) is 0 Å². The smallest absolute Gasteiger partial charge is 0.191 e. The standard InChI is InChI=1S/C18H31N3O/c1-5-7-11-20-18(19-6-2)21-13-16-9-8-10-17(12-16)14-22-15(3)4/h8-10,12,15H,5-7,11,13-14H2,1-4H3,(H2,19,20,21). The van der Waals surface area contributed by atoms with Gasteiger partial charge in [-0.1, -0.05) is 37.6 Å². The number of benzene rings is 1. The largest absolute Gasteiger partial charge is 0.374 e. The summed E-state index contributed by atoms with van der Waals surface area (Å²) in [6.07, 6.45) is 2.60. The molecule has 0 saturated carbocycles. The number of guanidine groups is 1. The molecular formula is C18H31N3O. The van der Waals surface area contributed by atoms with E-state index in [9.17, 15) is 0 Å². The van der Waals surface area contributed by atoms with Crippen LogP contribution in [-0.2, 0) is 17.9 Å². The van der Waals surface area contributed by atoms with Crippen LogP contribution in [0.4, 0.5) is 0 Å². The second-order valence-corrected chi connectivity index (χ2v) is 5.66. The molecule has 4 heteroatoms. The predicted octanol–water partition coefficient (Wildman–Crippen LogP) is 3.47. The van der Waals surface area contributed by atoms with E-state index in [1.54, 1.807) is 0 Å². The summed E-state index contributed by atoms with van der Waals surface area (Å²) in [7, 11) is 0. The van der Waals surface area contributed by atoms with E-state index in [2.05, 4.69) is 67.6 Å². The molecule has 4 nitrogen and oxygen atoms in total. The van der Waals surface area contributed by atoms with Crippen LogP contribution < -0.4 is 10.6 Å². The number of unbranched alkanes of at least 4 members (excludes halogenated alkanes) is 1. The number of ether oxygens (including phenoxy) is 1. The van der Waals surface area contributed by atoms with Gasteiger partial charge >= 0.3 is 0 Å². The van der Waals surface area contributed by atoms with Crippen LogP contribution in [-0.4, -0.2) is 25.2 Å². The molecule has 0 aliphatic rings. The molecule has 0 amide bonds. The molecular weight excluding hydrogens is 274 g/mol. The van der Waals surface area contributed by atoms with Crippen molar-refractivity contribution in [2.75, 3.05) is 13.1 Å². The van der Waals surface area contributed by atoms with Gasteiger partial charge in [-0.05, 0) is 38.3 Å². The number of hydrogen-bond acceptors (Lipinski definition) is 2. The average molecular weight is 305 g/mol. The lowest BCUT2D eigenvalue weighted by molar-refractivity contribution is 0.0657. The highest BCUT2D eigenvalue weighted by atomic mass is 16.5. The number of aliphatic imine (C=N–C) groups is 1. The lowest BCUT2D eigenvalue weighted by Gasteiger charge is -2.11. The Hall–Kier alpha value is -1.55. The molecule has 22 heavy (non-hydrogen) atoms. The van der Waals surface area contributed by atoms with Crippen LogP contribution in [0.5, 0.6) is 0 Å². The van der Waals surface area contributed by atoms with Crippen LogP contribution in [0.15, 0.2) is 29.3 Å². The molecule has 1 rings (SSSR count). The monoisotopic (exact) mass is 305 g/mol. The van der Waals surface area contributed by atoms with Crippen molar-refractivity contribution in [2.24, 2.45) is 4.99 Å². The van der Waals surface area contributed by atoms with E-state index in [0.29, 0.717) is 13.2 Å². The summed E-state index contributed by atoms with van der Waals surface area (Å²) in [4.78, 5) is 4.65. The average Bonchev–Trinajstić information content (AvgIpc) is 2.51. The Morgan fingerprint density at radius 1 is 1.18 bits per heavy atom. The second-order valence-electron chi connectivity index (χ2n) is 5.66. The fourth-order valence-electron chi connectivity index (χ4n) is 1.98. The van der Waals surface area contributed by atoms with Gasteiger partial charge in [-0.25, -0.2) is 4.99 Å². The molecule has 0 spiro atoms. The van der Waals surface area contributed by atoms with E-state index in [1.807, 2.05) is 0 Å². The quantitative estimate of drug-likeness (QED) is 0.417. The first kappa shape index (κ1) is 18.5. The molecule has 0 unspecified atom stereocenters. The molecule has 1 aromatic rings. The summed E-state index contributed by atoms with van der Waals surface area (Å²) < 4.78 is 5.65. The van der Waals surface area contributed by atoms with Crippen LogP contribution in [0, 0.1) is 0 Å². The van der Waals surface area contributed by atoms with Gasteiger partial charge in [-0.2, -0.15) is 0 Å². The lowest BCUT2D eigenvalue weighted by atomic mass is 10.1. The SMILES string of the molecule is CCCCNC(=NCc1cccc(COC(C)C)c1)NCC. The third kappa shape index (κ3) is 8.03. The van der Waals surface area contributed by atoms with Gasteiger partial charge in [0.15, 0.2) is 5.96 Å². The van der Waals surface area contributed by atoms with Crippen LogP contribution >= 0.6 is 0 Å². The van der Waals surface area contributed by atoms with Crippen molar-refractivity contribution in [2.45, 2.75) is 59.8 Å². The molecule has 0 aliphatic carbocycles. The van der Waals surface area contributed by atoms with E-state index in [1.165, 1.54) is 17.5 Å². The minimum atomic E-state index is 0.254. The molecule has 124 valence electrons. The van der Waals surface area contributed by atoms with Gasteiger partial charge in [0.1, 0.15) is 0 Å². The maximum Gasteiger partial charge on any atom is 0.191 e. The predicted molar refractivity (Wildman–Crippen MR) is 94.1 cm³/mol. The van der Waals surface area contributed by atoms with Gasteiger partial charge in [-0.15, -0.1) is 0 Å². The summed E-state index contributed by atoms with van der Waals surface area (Å²) in [6.45, 7) is 11.6. The van der Waals surface area contributed by atoms with Crippen LogP contribution in [0.25, 0.3) is 0 Å². The van der Waals surface area contributed by atoms with E-state index >= 15 is 0 Å². The van der Waals surface area contributed by atoms with Gasteiger partial charge in [0.05, 0.1) is 19.3 Å². The zero-order valence-electron chi connectivity index (χ0n) is 14.5. The highest BCUT2D eigenvalue weighted by Crippen LogP contribution is 2.09. The topological polar surface area (TPSA) is 45.7 Å². The van der Waals surface area contributed by atoms with E-state index in [4.69, 9.17) is 4.74 Å².